The molecule has 2 heterocycles. The average Bonchev–Trinajstić information content (AvgIpc) is 3.39. The summed E-state index contributed by atoms with van der Waals surface area (Å²) in [5, 5.41) is 19.7. The minimum absolute atomic E-state index is 0.181. The number of aromatic nitrogens is 3. The molecule has 0 aliphatic rings. The van der Waals surface area contributed by atoms with Crippen molar-refractivity contribution in [2.75, 3.05) is 16.1 Å². The summed E-state index contributed by atoms with van der Waals surface area (Å²) in [7, 11) is 0. The van der Waals surface area contributed by atoms with Gasteiger partial charge in [0.05, 0.1) is 11.8 Å². The highest BCUT2D eigenvalue weighted by Crippen LogP contribution is 2.23. The molecule has 3 aromatic carbocycles. The lowest BCUT2D eigenvalue weighted by Gasteiger charge is -2.10. The third kappa shape index (κ3) is 6.14. The normalized spacial score (nSPS) is 10.8. The van der Waals surface area contributed by atoms with Crippen LogP contribution in [0.15, 0.2) is 107 Å². The Kier molecular flexibility index (Phi) is 6.80. The second kappa shape index (κ2) is 10.8. The van der Waals surface area contributed by atoms with E-state index >= 15 is 0 Å². The van der Waals surface area contributed by atoms with Gasteiger partial charge in [0.25, 0.3) is 0 Å². The monoisotopic (exact) mass is 491 g/mol. The van der Waals surface area contributed by atoms with Crippen molar-refractivity contribution in [3.63, 3.8) is 0 Å². The molecule has 0 atom stereocenters. The van der Waals surface area contributed by atoms with E-state index in [1.54, 1.807) is 30.3 Å². The zero-order chi connectivity index (χ0) is 25.5. The summed E-state index contributed by atoms with van der Waals surface area (Å²) in [6.07, 6.45) is 1.48. The zero-order valence-electron chi connectivity index (χ0n) is 19.4. The van der Waals surface area contributed by atoms with Gasteiger partial charge in [0.2, 0.25) is 17.8 Å². The topological polar surface area (TPSA) is 138 Å². The van der Waals surface area contributed by atoms with Crippen molar-refractivity contribution < 1.29 is 14.3 Å². The van der Waals surface area contributed by atoms with Gasteiger partial charge >= 0.3 is 5.97 Å². The maximum atomic E-state index is 11.2. The molecule has 0 spiro atoms. The van der Waals surface area contributed by atoms with Gasteiger partial charge in [-0.3, -0.25) is 0 Å². The first-order valence-electron chi connectivity index (χ1n) is 11.3. The average molecular weight is 492 g/mol. The molecule has 5 rings (SSSR count). The van der Waals surface area contributed by atoms with Gasteiger partial charge < -0.3 is 20.2 Å². The number of carboxylic acids is 1. The highest BCUT2D eigenvalue weighted by Gasteiger charge is 2.09. The van der Waals surface area contributed by atoms with Crippen molar-refractivity contribution in [1.82, 2.24) is 15.0 Å². The number of rotatable bonds is 9. The molecule has 182 valence electrons. The number of nitrogens with one attached hydrogen (secondary N) is 3. The first-order chi connectivity index (χ1) is 18.1. The molecule has 0 unspecified atom stereocenters. The molecular weight excluding hydrogens is 470 g/mol. The molecule has 0 saturated heterocycles. The predicted molar refractivity (Wildman–Crippen MR) is 142 cm³/mol. The Hall–Kier alpha value is -5.51. The molecule has 0 fully saturated rings. The minimum atomic E-state index is -1.00. The van der Waals surface area contributed by atoms with Crippen molar-refractivity contribution >= 4 is 41.4 Å². The van der Waals surface area contributed by atoms with Crippen LogP contribution in [0.1, 0.15) is 16.1 Å². The van der Waals surface area contributed by atoms with Crippen LogP contribution >= 0.6 is 0 Å². The van der Waals surface area contributed by atoms with E-state index in [4.69, 9.17) is 4.42 Å². The SMILES string of the molecule is O=C(O)c1cccc(-c2ccc(C=NNc3nc(Nc4ccccc4)nc(Nc4ccccc4)n3)o2)c1. The van der Waals surface area contributed by atoms with Crippen LogP contribution in [-0.4, -0.2) is 32.2 Å². The summed E-state index contributed by atoms with van der Waals surface area (Å²) in [5.74, 6) is 0.853. The van der Waals surface area contributed by atoms with Crippen LogP contribution in [0.5, 0.6) is 0 Å². The third-order valence-corrected chi connectivity index (χ3v) is 5.07. The molecule has 10 nitrogen and oxygen atoms in total. The Morgan fingerprint density at radius 3 is 2.00 bits per heavy atom. The van der Waals surface area contributed by atoms with Crippen LogP contribution in [-0.2, 0) is 0 Å². The summed E-state index contributed by atoms with van der Waals surface area (Å²) in [6, 6.07) is 29.1. The zero-order valence-corrected chi connectivity index (χ0v) is 19.4. The molecule has 4 N–H and O–H groups in total. The summed E-state index contributed by atoms with van der Waals surface area (Å²) in [5.41, 5.74) is 5.29. The largest absolute Gasteiger partial charge is 0.478 e. The van der Waals surface area contributed by atoms with Crippen molar-refractivity contribution in [2.24, 2.45) is 5.10 Å². The number of carbonyl (C=O) groups is 1. The third-order valence-electron chi connectivity index (χ3n) is 5.07. The Morgan fingerprint density at radius 2 is 1.38 bits per heavy atom. The lowest BCUT2D eigenvalue weighted by molar-refractivity contribution is 0.0697. The van der Waals surface area contributed by atoms with Gasteiger partial charge in [0.1, 0.15) is 11.5 Å². The van der Waals surface area contributed by atoms with Crippen LogP contribution in [0.3, 0.4) is 0 Å². The van der Waals surface area contributed by atoms with E-state index in [9.17, 15) is 9.90 Å². The van der Waals surface area contributed by atoms with E-state index in [1.807, 2.05) is 60.7 Å². The lowest BCUT2D eigenvalue weighted by Crippen LogP contribution is -2.07. The fourth-order valence-corrected chi connectivity index (χ4v) is 3.38. The van der Waals surface area contributed by atoms with Gasteiger partial charge in [-0.15, -0.1) is 0 Å². The van der Waals surface area contributed by atoms with Crippen LogP contribution < -0.4 is 16.1 Å². The fourth-order valence-electron chi connectivity index (χ4n) is 3.38. The van der Waals surface area contributed by atoms with E-state index in [0.29, 0.717) is 29.0 Å². The molecule has 0 saturated carbocycles. The second-order valence-electron chi connectivity index (χ2n) is 7.75. The van der Waals surface area contributed by atoms with Crippen LogP contribution in [0.25, 0.3) is 11.3 Å². The Labute approximate surface area is 211 Å². The molecule has 0 aliphatic heterocycles. The number of hydrazone groups is 1. The van der Waals surface area contributed by atoms with E-state index in [0.717, 1.165) is 11.4 Å². The fraction of sp³-hybridized carbons (Fsp3) is 0. The number of anilines is 5. The predicted octanol–water partition coefficient (Wildman–Crippen LogP) is 5.76. The van der Waals surface area contributed by atoms with Crippen molar-refractivity contribution in [1.29, 1.82) is 0 Å². The number of para-hydroxylation sites is 2. The maximum absolute atomic E-state index is 11.2. The Morgan fingerprint density at radius 1 is 0.757 bits per heavy atom. The summed E-state index contributed by atoms with van der Waals surface area (Å²) in [6.45, 7) is 0. The summed E-state index contributed by atoms with van der Waals surface area (Å²) >= 11 is 0. The van der Waals surface area contributed by atoms with E-state index in [-0.39, 0.29) is 11.5 Å². The number of carboxylic acid groups (broad SMARTS) is 1. The van der Waals surface area contributed by atoms with Crippen molar-refractivity contribution in [3.05, 3.63) is 108 Å². The molecule has 0 bridgehead atoms. The summed E-state index contributed by atoms with van der Waals surface area (Å²) < 4.78 is 5.79. The Balaban J connectivity index is 1.34. The molecule has 0 radical (unpaired) electrons. The van der Waals surface area contributed by atoms with E-state index in [2.05, 4.69) is 36.1 Å². The lowest BCUT2D eigenvalue weighted by atomic mass is 10.1. The minimum Gasteiger partial charge on any atom is -0.478 e. The smallest absolute Gasteiger partial charge is 0.335 e. The number of hydrogen-bond donors (Lipinski definition) is 4. The number of nitrogens with zero attached hydrogens (tertiary/aromatic N) is 4. The van der Waals surface area contributed by atoms with E-state index < -0.39 is 5.97 Å². The first-order valence-corrected chi connectivity index (χ1v) is 11.3. The number of aromatic carboxylic acids is 1. The molecule has 37 heavy (non-hydrogen) atoms. The number of benzene rings is 3. The van der Waals surface area contributed by atoms with Gasteiger partial charge in [0, 0.05) is 16.9 Å². The van der Waals surface area contributed by atoms with Crippen LogP contribution in [0.2, 0.25) is 0 Å². The van der Waals surface area contributed by atoms with Crippen LogP contribution in [0, 0.1) is 0 Å². The van der Waals surface area contributed by atoms with Gasteiger partial charge in [-0.1, -0.05) is 48.5 Å². The second-order valence-corrected chi connectivity index (χ2v) is 7.75. The van der Waals surface area contributed by atoms with Gasteiger partial charge in [0.15, 0.2) is 0 Å². The molecule has 0 aliphatic carbocycles. The maximum Gasteiger partial charge on any atom is 0.335 e. The summed E-state index contributed by atoms with van der Waals surface area (Å²) in [4.78, 5) is 24.5. The van der Waals surface area contributed by atoms with Gasteiger partial charge in [-0.05, 0) is 48.5 Å². The molecule has 10 heteroatoms. The van der Waals surface area contributed by atoms with Gasteiger partial charge in [-0.25, -0.2) is 10.2 Å². The first kappa shape index (κ1) is 23.2. The molecular formula is C27H21N7O3. The number of furan rings is 1. The quantitative estimate of drug-likeness (QED) is 0.150. The molecule has 2 aromatic heterocycles. The standard InChI is InChI=1S/C27H21N7O3/c35-24(36)19-9-7-8-18(16-19)23-15-14-22(37-23)17-28-34-27-32-25(29-20-10-3-1-4-11-20)31-26(33-27)30-21-12-5-2-6-13-21/h1-17H,(H,35,36)(H3,29,30,31,32,33,34). The van der Waals surface area contributed by atoms with Crippen molar-refractivity contribution in [2.45, 2.75) is 0 Å². The van der Waals surface area contributed by atoms with Crippen molar-refractivity contribution in [3.8, 4) is 11.3 Å². The van der Waals surface area contributed by atoms with Crippen LogP contribution in [0.4, 0.5) is 29.2 Å². The highest BCUT2D eigenvalue weighted by atomic mass is 16.4. The Bertz CT molecular complexity index is 1480. The number of hydrogen-bond acceptors (Lipinski definition) is 9. The van der Waals surface area contributed by atoms with E-state index in [1.165, 1.54) is 12.3 Å². The highest BCUT2D eigenvalue weighted by molar-refractivity contribution is 5.89. The van der Waals surface area contributed by atoms with Gasteiger partial charge in [-0.2, -0.15) is 20.1 Å². The molecule has 5 aromatic rings. The molecule has 0 amide bonds.